The zero-order chi connectivity index (χ0) is 25.6. The van der Waals surface area contributed by atoms with Crippen LogP contribution in [0, 0.1) is 0 Å². The van der Waals surface area contributed by atoms with Crippen molar-refractivity contribution >= 4 is 0 Å². The van der Waals surface area contributed by atoms with E-state index in [0.29, 0.717) is 17.1 Å². The Kier molecular flexibility index (Phi) is 5.90. The van der Waals surface area contributed by atoms with E-state index in [4.69, 9.17) is 9.26 Å². The Morgan fingerprint density at radius 2 is 1.54 bits per heavy atom. The monoisotopic (exact) mass is 489 g/mol. The van der Waals surface area contributed by atoms with Gasteiger partial charge in [0.05, 0.1) is 5.56 Å². The van der Waals surface area contributed by atoms with Crippen molar-refractivity contribution in [2.24, 2.45) is 7.05 Å². The normalized spacial score (nSPS) is 12.7. The van der Waals surface area contributed by atoms with Gasteiger partial charge in [-0.3, -0.25) is 0 Å². The number of hydrogen-bond acceptors (Lipinski definition) is 6. The summed E-state index contributed by atoms with van der Waals surface area (Å²) in [5.74, 6) is 0.982. The summed E-state index contributed by atoms with van der Waals surface area (Å²) >= 11 is 0. The molecule has 2 aromatic carbocycles. The van der Waals surface area contributed by atoms with Gasteiger partial charge in [-0.1, -0.05) is 23.4 Å². The topological polar surface area (TPSA) is 78.9 Å². The van der Waals surface area contributed by atoms with Gasteiger partial charge in [-0.05, 0) is 58.0 Å². The maximum absolute atomic E-state index is 14.0. The average Bonchev–Trinajstić information content (AvgIpc) is 3.41. The number of aromatic nitrogens is 5. The van der Waals surface area contributed by atoms with Crippen LogP contribution in [-0.4, -0.2) is 24.9 Å². The number of nitrogens with zero attached hydrogens (tertiary/aromatic N) is 5. The highest BCUT2D eigenvalue weighted by atomic mass is 19.4. The van der Waals surface area contributed by atoms with Crippen molar-refractivity contribution in [1.29, 1.82) is 0 Å². The van der Waals surface area contributed by atoms with Crippen molar-refractivity contribution < 1.29 is 26.8 Å². The zero-order valence-electron chi connectivity index (χ0n) is 19.7. The minimum absolute atomic E-state index is 0.0719. The standard InChI is InChI=1S/C24H23F4N5O2/c1-22(2,25)21-29-18(32-35-21)14-10-12-15(13-11-14)34-23(3,4)20-31-30-19(33(20)5)16-8-6-7-9-17(16)24(26,27)28/h6-13H,1-5H3. The number of benzene rings is 2. The summed E-state index contributed by atoms with van der Waals surface area (Å²) in [6.07, 6.45) is -4.53. The Bertz CT molecular complexity index is 1340. The summed E-state index contributed by atoms with van der Waals surface area (Å²) < 4.78 is 67.0. The number of alkyl halides is 4. The van der Waals surface area contributed by atoms with E-state index in [1.54, 1.807) is 45.2 Å². The second kappa shape index (κ2) is 8.47. The molecule has 35 heavy (non-hydrogen) atoms. The molecule has 0 N–H and O–H groups in total. The fourth-order valence-corrected chi connectivity index (χ4v) is 3.61. The molecular formula is C24H23F4N5O2. The van der Waals surface area contributed by atoms with E-state index in [-0.39, 0.29) is 23.1 Å². The lowest BCUT2D eigenvalue weighted by molar-refractivity contribution is -0.137. The molecule has 0 aliphatic carbocycles. The molecule has 184 valence electrons. The summed E-state index contributed by atoms with van der Waals surface area (Å²) in [4.78, 5) is 4.08. The summed E-state index contributed by atoms with van der Waals surface area (Å²) in [6.45, 7) is 6.12. The molecular weight excluding hydrogens is 466 g/mol. The maximum atomic E-state index is 14.0. The van der Waals surface area contributed by atoms with Gasteiger partial charge in [0.1, 0.15) is 5.75 Å². The zero-order valence-corrected chi connectivity index (χ0v) is 19.7. The van der Waals surface area contributed by atoms with Crippen molar-refractivity contribution in [2.45, 2.75) is 45.1 Å². The van der Waals surface area contributed by atoms with Crippen LogP contribution in [0.15, 0.2) is 53.1 Å². The third-order valence-corrected chi connectivity index (χ3v) is 5.31. The highest BCUT2D eigenvalue weighted by Gasteiger charge is 2.36. The van der Waals surface area contributed by atoms with Gasteiger partial charge in [0.25, 0.3) is 5.89 Å². The Labute approximate surface area is 198 Å². The lowest BCUT2D eigenvalue weighted by Crippen LogP contribution is -2.29. The van der Waals surface area contributed by atoms with Gasteiger partial charge in [-0.25, -0.2) is 4.39 Å². The molecule has 0 saturated heterocycles. The van der Waals surface area contributed by atoms with Gasteiger partial charge in [0.2, 0.25) is 5.82 Å². The van der Waals surface area contributed by atoms with Crippen molar-refractivity contribution in [3.8, 4) is 28.5 Å². The Morgan fingerprint density at radius 1 is 0.886 bits per heavy atom. The predicted molar refractivity (Wildman–Crippen MR) is 119 cm³/mol. The maximum Gasteiger partial charge on any atom is 0.417 e. The Balaban J connectivity index is 1.58. The fraction of sp³-hybridized carbons (Fsp3) is 0.333. The number of ether oxygens (including phenoxy) is 1. The minimum Gasteiger partial charge on any atom is -0.480 e. The molecule has 0 radical (unpaired) electrons. The molecule has 0 aliphatic heterocycles. The lowest BCUT2D eigenvalue weighted by atomic mass is 10.1. The van der Waals surface area contributed by atoms with Gasteiger partial charge in [0.15, 0.2) is 22.9 Å². The van der Waals surface area contributed by atoms with Crippen molar-refractivity contribution in [3.05, 3.63) is 65.8 Å². The molecule has 0 atom stereocenters. The summed E-state index contributed by atoms with van der Waals surface area (Å²) in [7, 11) is 1.59. The van der Waals surface area contributed by atoms with Crippen LogP contribution in [0.3, 0.4) is 0 Å². The first-order chi connectivity index (χ1) is 16.3. The highest BCUT2D eigenvalue weighted by molar-refractivity contribution is 5.61. The third kappa shape index (κ3) is 4.89. The molecule has 0 saturated carbocycles. The molecule has 0 spiro atoms. The number of hydrogen-bond donors (Lipinski definition) is 0. The van der Waals surface area contributed by atoms with E-state index in [1.165, 1.54) is 36.6 Å². The van der Waals surface area contributed by atoms with Crippen LogP contribution in [-0.2, 0) is 24.5 Å². The van der Waals surface area contributed by atoms with E-state index < -0.39 is 23.0 Å². The van der Waals surface area contributed by atoms with Crippen LogP contribution in [0.1, 0.15) is 45.0 Å². The molecule has 4 aromatic rings. The molecule has 2 aromatic heterocycles. The van der Waals surface area contributed by atoms with Gasteiger partial charge in [-0.15, -0.1) is 10.2 Å². The van der Waals surface area contributed by atoms with Crippen LogP contribution in [0.2, 0.25) is 0 Å². The van der Waals surface area contributed by atoms with Crippen LogP contribution >= 0.6 is 0 Å². The smallest absolute Gasteiger partial charge is 0.417 e. The van der Waals surface area contributed by atoms with E-state index in [1.807, 2.05) is 0 Å². The van der Waals surface area contributed by atoms with Crippen molar-refractivity contribution in [3.63, 3.8) is 0 Å². The van der Waals surface area contributed by atoms with E-state index in [2.05, 4.69) is 20.3 Å². The van der Waals surface area contributed by atoms with E-state index in [0.717, 1.165) is 6.07 Å². The number of halogens is 4. The van der Waals surface area contributed by atoms with Crippen LogP contribution in [0.4, 0.5) is 17.6 Å². The molecule has 0 unspecified atom stereocenters. The summed E-state index contributed by atoms with van der Waals surface area (Å²) in [5.41, 5.74) is -3.06. The second-order valence-corrected chi connectivity index (χ2v) is 8.98. The molecule has 0 bridgehead atoms. The highest BCUT2D eigenvalue weighted by Crippen LogP contribution is 2.37. The van der Waals surface area contributed by atoms with Crippen molar-refractivity contribution in [1.82, 2.24) is 24.9 Å². The third-order valence-electron chi connectivity index (χ3n) is 5.31. The fourth-order valence-electron chi connectivity index (χ4n) is 3.61. The molecule has 2 heterocycles. The molecule has 7 nitrogen and oxygen atoms in total. The second-order valence-electron chi connectivity index (χ2n) is 8.98. The Hall–Kier alpha value is -3.76. The van der Waals surface area contributed by atoms with Gasteiger partial charge >= 0.3 is 6.18 Å². The van der Waals surface area contributed by atoms with Gasteiger partial charge < -0.3 is 13.8 Å². The predicted octanol–water partition coefficient (Wildman–Crippen LogP) is 6.07. The van der Waals surface area contributed by atoms with E-state index >= 15 is 0 Å². The van der Waals surface area contributed by atoms with Crippen LogP contribution in [0.5, 0.6) is 5.75 Å². The van der Waals surface area contributed by atoms with Crippen molar-refractivity contribution in [2.75, 3.05) is 0 Å². The quantitative estimate of drug-likeness (QED) is 0.306. The minimum atomic E-state index is -4.53. The molecule has 0 amide bonds. The first-order valence-electron chi connectivity index (χ1n) is 10.7. The Morgan fingerprint density at radius 3 is 2.14 bits per heavy atom. The molecule has 0 fully saturated rings. The van der Waals surface area contributed by atoms with Gasteiger partial charge in [-0.2, -0.15) is 18.2 Å². The van der Waals surface area contributed by atoms with Gasteiger partial charge in [0, 0.05) is 18.2 Å². The van der Waals surface area contributed by atoms with E-state index in [9.17, 15) is 17.6 Å². The molecule has 4 rings (SSSR count). The lowest BCUT2D eigenvalue weighted by Gasteiger charge is -2.25. The molecule has 0 aliphatic rings. The number of rotatable bonds is 6. The summed E-state index contributed by atoms with van der Waals surface area (Å²) in [5, 5.41) is 11.9. The van der Waals surface area contributed by atoms with Crippen LogP contribution < -0.4 is 4.74 Å². The first-order valence-corrected chi connectivity index (χ1v) is 10.7. The molecule has 11 heteroatoms. The summed E-state index contributed by atoms with van der Waals surface area (Å²) in [6, 6.07) is 11.9. The average molecular weight is 489 g/mol. The first kappa shape index (κ1) is 24.4. The van der Waals surface area contributed by atoms with Crippen LogP contribution in [0.25, 0.3) is 22.8 Å². The SMILES string of the molecule is Cn1c(-c2ccccc2C(F)(F)F)nnc1C(C)(C)Oc1ccc(-c2noc(C(C)(C)F)n2)cc1. The largest absolute Gasteiger partial charge is 0.480 e.